The number of hydrogen-bond acceptors (Lipinski definition) is 4. The van der Waals surface area contributed by atoms with E-state index in [1.54, 1.807) is 15.9 Å². The second kappa shape index (κ2) is 8.52. The van der Waals surface area contributed by atoms with Crippen LogP contribution in [0.3, 0.4) is 0 Å². The summed E-state index contributed by atoms with van der Waals surface area (Å²) in [6.07, 6.45) is 2.52. The molecular formula is C18H25BrN2O4S. The van der Waals surface area contributed by atoms with Gasteiger partial charge in [0.1, 0.15) is 0 Å². The van der Waals surface area contributed by atoms with Gasteiger partial charge in [0.25, 0.3) is 5.91 Å². The van der Waals surface area contributed by atoms with Gasteiger partial charge in [-0.25, -0.2) is 8.42 Å². The zero-order valence-corrected chi connectivity index (χ0v) is 17.8. The number of carbonyl (C=O) groups excluding carboxylic acids is 2. The van der Waals surface area contributed by atoms with Crippen LogP contribution in [0.25, 0.3) is 0 Å². The molecular weight excluding hydrogens is 420 g/mol. The summed E-state index contributed by atoms with van der Waals surface area (Å²) < 4.78 is 24.0. The lowest BCUT2D eigenvalue weighted by atomic mass is 10.1. The molecule has 26 heavy (non-hydrogen) atoms. The maximum Gasteiger partial charge on any atom is 0.255 e. The molecule has 1 heterocycles. The van der Waals surface area contributed by atoms with E-state index in [0.717, 1.165) is 12.7 Å². The molecule has 1 fully saturated rings. The Morgan fingerprint density at radius 2 is 1.69 bits per heavy atom. The molecule has 1 aromatic carbocycles. The van der Waals surface area contributed by atoms with Crippen LogP contribution in [-0.4, -0.2) is 62.5 Å². The summed E-state index contributed by atoms with van der Waals surface area (Å²) in [5.74, 6) is 0.393. The predicted molar refractivity (Wildman–Crippen MR) is 104 cm³/mol. The fraction of sp³-hybridized carbons (Fsp3) is 0.556. The van der Waals surface area contributed by atoms with E-state index in [-0.39, 0.29) is 16.7 Å². The molecule has 0 spiro atoms. The molecule has 0 radical (unpaired) electrons. The second-order valence-corrected chi connectivity index (χ2v) is 9.89. The molecule has 1 aromatic rings. The van der Waals surface area contributed by atoms with Crippen LogP contribution >= 0.6 is 15.9 Å². The largest absolute Gasteiger partial charge is 0.339 e. The Hall–Kier alpha value is -1.41. The van der Waals surface area contributed by atoms with Gasteiger partial charge in [-0.1, -0.05) is 13.8 Å². The van der Waals surface area contributed by atoms with Gasteiger partial charge in [-0.15, -0.1) is 0 Å². The number of carbonyl (C=O) groups is 2. The quantitative estimate of drug-likeness (QED) is 0.699. The van der Waals surface area contributed by atoms with Crippen molar-refractivity contribution in [1.29, 1.82) is 0 Å². The van der Waals surface area contributed by atoms with E-state index < -0.39 is 9.84 Å². The van der Waals surface area contributed by atoms with Gasteiger partial charge in [-0.3, -0.25) is 9.59 Å². The first-order valence-corrected chi connectivity index (χ1v) is 11.3. The standard InChI is InChI=1S/C18H25BrN2O4S/c1-13(2)4-7-17(22)20-8-10-21(11-9-20)18(23)15-12-14(26(3,24)25)5-6-16(15)19/h5-6,12-13H,4,7-11H2,1-3H3. The van der Waals surface area contributed by atoms with Crippen molar-refractivity contribution in [2.24, 2.45) is 5.92 Å². The average Bonchev–Trinajstić information content (AvgIpc) is 2.58. The van der Waals surface area contributed by atoms with Crippen LogP contribution in [0.15, 0.2) is 27.6 Å². The molecule has 144 valence electrons. The van der Waals surface area contributed by atoms with Crippen LogP contribution < -0.4 is 0 Å². The topological polar surface area (TPSA) is 74.8 Å². The minimum atomic E-state index is -3.38. The molecule has 1 aliphatic heterocycles. The monoisotopic (exact) mass is 444 g/mol. The van der Waals surface area contributed by atoms with Crippen LogP contribution in [-0.2, 0) is 14.6 Å². The third-order valence-corrected chi connectivity index (χ3v) is 6.25. The average molecular weight is 445 g/mol. The number of sulfone groups is 1. The lowest BCUT2D eigenvalue weighted by Crippen LogP contribution is -2.50. The van der Waals surface area contributed by atoms with Crippen LogP contribution in [0.5, 0.6) is 0 Å². The summed E-state index contributed by atoms with van der Waals surface area (Å²) in [7, 11) is -3.38. The van der Waals surface area contributed by atoms with Crippen molar-refractivity contribution in [3.05, 3.63) is 28.2 Å². The molecule has 1 saturated heterocycles. The number of piperazine rings is 1. The summed E-state index contributed by atoms with van der Waals surface area (Å²) in [5, 5.41) is 0. The fourth-order valence-electron chi connectivity index (χ4n) is 2.80. The first-order chi connectivity index (χ1) is 12.1. The highest BCUT2D eigenvalue weighted by Crippen LogP contribution is 2.23. The van der Waals surface area contributed by atoms with E-state index in [1.807, 2.05) is 0 Å². The lowest BCUT2D eigenvalue weighted by molar-refractivity contribution is -0.132. The molecule has 0 aliphatic carbocycles. The zero-order valence-electron chi connectivity index (χ0n) is 15.4. The number of benzene rings is 1. The molecule has 8 heteroatoms. The van der Waals surface area contributed by atoms with Gasteiger partial charge >= 0.3 is 0 Å². The van der Waals surface area contributed by atoms with Crippen molar-refractivity contribution in [2.75, 3.05) is 32.4 Å². The maximum atomic E-state index is 12.8. The Morgan fingerprint density at radius 3 is 2.23 bits per heavy atom. The van der Waals surface area contributed by atoms with Gasteiger partial charge < -0.3 is 9.80 Å². The SMILES string of the molecule is CC(C)CCC(=O)N1CCN(C(=O)c2cc(S(C)(=O)=O)ccc2Br)CC1. The summed E-state index contributed by atoms with van der Waals surface area (Å²) in [5.41, 5.74) is 0.326. The van der Waals surface area contributed by atoms with E-state index >= 15 is 0 Å². The van der Waals surface area contributed by atoms with Gasteiger partial charge in [-0.05, 0) is 46.5 Å². The highest BCUT2D eigenvalue weighted by atomic mass is 79.9. The van der Waals surface area contributed by atoms with Gasteiger partial charge in [0, 0.05) is 43.3 Å². The van der Waals surface area contributed by atoms with Gasteiger partial charge in [-0.2, -0.15) is 0 Å². The Morgan fingerprint density at radius 1 is 1.12 bits per heavy atom. The molecule has 0 saturated carbocycles. The van der Waals surface area contributed by atoms with Gasteiger partial charge in [0.2, 0.25) is 5.91 Å². The molecule has 0 unspecified atom stereocenters. The number of rotatable bonds is 5. The molecule has 6 nitrogen and oxygen atoms in total. The third kappa shape index (κ3) is 5.30. The Labute approximate surface area is 163 Å². The lowest BCUT2D eigenvalue weighted by Gasteiger charge is -2.35. The third-order valence-electron chi connectivity index (χ3n) is 4.45. The first-order valence-electron chi connectivity index (χ1n) is 8.66. The number of nitrogens with zero attached hydrogens (tertiary/aromatic N) is 2. The van der Waals surface area contributed by atoms with Crippen molar-refractivity contribution in [2.45, 2.75) is 31.6 Å². The molecule has 2 amide bonds. The number of halogens is 1. The predicted octanol–water partition coefficient (Wildman–Crippen LogP) is 2.57. The molecule has 2 rings (SSSR count). The zero-order chi connectivity index (χ0) is 19.5. The summed E-state index contributed by atoms with van der Waals surface area (Å²) in [4.78, 5) is 28.6. The second-order valence-electron chi connectivity index (χ2n) is 7.02. The van der Waals surface area contributed by atoms with Crippen LogP contribution in [0.1, 0.15) is 37.0 Å². The minimum Gasteiger partial charge on any atom is -0.339 e. The van der Waals surface area contributed by atoms with Gasteiger partial charge in [0.15, 0.2) is 9.84 Å². The minimum absolute atomic E-state index is 0.117. The summed E-state index contributed by atoms with van der Waals surface area (Å²) in [6, 6.07) is 4.46. The molecule has 0 N–H and O–H groups in total. The van der Waals surface area contributed by atoms with Crippen LogP contribution in [0, 0.1) is 5.92 Å². The van der Waals surface area contributed by atoms with Crippen LogP contribution in [0.2, 0.25) is 0 Å². The Kier molecular flexibility index (Phi) is 6.85. The molecule has 1 aliphatic rings. The van der Waals surface area contributed by atoms with Gasteiger partial charge in [0.05, 0.1) is 10.5 Å². The normalized spacial score (nSPS) is 15.4. The van der Waals surface area contributed by atoms with Crippen molar-refractivity contribution in [3.63, 3.8) is 0 Å². The van der Waals surface area contributed by atoms with E-state index in [4.69, 9.17) is 0 Å². The Balaban J connectivity index is 2.04. The van der Waals surface area contributed by atoms with Crippen molar-refractivity contribution < 1.29 is 18.0 Å². The van der Waals surface area contributed by atoms with Crippen molar-refractivity contribution >= 4 is 37.6 Å². The summed E-state index contributed by atoms with van der Waals surface area (Å²) in [6.45, 7) is 6.08. The van der Waals surface area contributed by atoms with Crippen LogP contribution in [0.4, 0.5) is 0 Å². The van der Waals surface area contributed by atoms with E-state index in [1.165, 1.54) is 12.1 Å². The molecule has 0 atom stereocenters. The van der Waals surface area contributed by atoms with Crippen molar-refractivity contribution in [3.8, 4) is 0 Å². The van der Waals surface area contributed by atoms with E-state index in [0.29, 0.717) is 48.6 Å². The van der Waals surface area contributed by atoms with Crippen molar-refractivity contribution in [1.82, 2.24) is 9.80 Å². The molecule has 0 aromatic heterocycles. The fourth-order valence-corrected chi connectivity index (χ4v) is 3.86. The summed E-state index contributed by atoms with van der Waals surface area (Å²) >= 11 is 3.33. The number of amides is 2. The number of hydrogen-bond donors (Lipinski definition) is 0. The first kappa shape index (κ1) is 20.9. The highest BCUT2D eigenvalue weighted by Gasteiger charge is 2.26. The highest BCUT2D eigenvalue weighted by molar-refractivity contribution is 9.10. The molecule has 0 bridgehead atoms. The van der Waals surface area contributed by atoms with E-state index in [2.05, 4.69) is 29.8 Å². The van der Waals surface area contributed by atoms with E-state index in [9.17, 15) is 18.0 Å². The maximum absolute atomic E-state index is 12.8. The smallest absolute Gasteiger partial charge is 0.255 e. The Bertz CT molecular complexity index is 784.